The minimum atomic E-state index is 1.03. The fourth-order valence-electron chi connectivity index (χ4n) is 1.90. The van der Waals surface area contributed by atoms with Gasteiger partial charge in [-0.1, -0.05) is 36.4 Å². The van der Waals surface area contributed by atoms with E-state index in [9.17, 15) is 0 Å². The molecule has 0 aliphatic heterocycles. The first-order chi connectivity index (χ1) is 7.93. The molecule has 0 unspecified atom stereocenters. The van der Waals surface area contributed by atoms with Gasteiger partial charge in [-0.05, 0) is 35.4 Å². The summed E-state index contributed by atoms with van der Waals surface area (Å²) in [6.07, 6.45) is 1.83. The molecule has 1 heteroatoms. The largest absolute Gasteiger partial charge is 0.256 e. The standard InChI is InChI=1S/C15H11N/c1-2-6-12-10-14(11-13(12)7-3-1)15-8-4-5-9-16-15/h1-11H. The summed E-state index contributed by atoms with van der Waals surface area (Å²) < 4.78 is 0. The first-order valence-corrected chi connectivity index (χ1v) is 5.34. The molecular formula is C15H11N. The summed E-state index contributed by atoms with van der Waals surface area (Å²) in [5.41, 5.74) is 4.72. The number of hydrogen-bond acceptors (Lipinski definition) is 1. The molecule has 3 rings (SSSR count). The van der Waals surface area contributed by atoms with Crippen molar-refractivity contribution < 1.29 is 0 Å². The molecule has 76 valence electrons. The number of fused-ring (bicyclic) bond motifs is 1. The molecule has 1 aromatic rings. The average molecular weight is 205 g/mol. The molecule has 0 saturated heterocycles. The van der Waals surface area contributed by atoms with Crippen molar-refractivity contribution in [3.63, 3.8) is 0 Å². The fourth-order valence-corrected chi connectivity index (χ4v) is 1.90. The quantitative estimate of drug-likeness (QED) is 0.588. The minimum Gasteiger partial charge on any atom is -0.256 e. The highest BCUT2D eigenvalue weighted by Crippen LogP contribution is 2.30. The summed E-state index contributed by atoms with van der Waals surface area (Å²) in [5.74, 6) is 0. The van der Waals surface area contributed by atoms with Crippen LogP contribution in [0.2, 0.25) is 0 Å². The van der Waals surface area contributed by atoms with Gasteiger partial charge in [-0.3, -0.25) is 4.98 Å². The molecule has 2 aliphatic rings. The number of rotatable bonds is 1. The topological polar surface area (TPSA) is 12.9 Å². The van der Waals surface area contributed by atoms with Crippen molar-refractivity contribution in [2.45, 2.75) is 0 Å². The van der Waals surface area contributed by atoms with Crippen LogP contribution in [-0.2, 0) is 0 Å². The Morgan fingerprint density at radius 2 is 1.31 bits per heavy atom. The van der Waals surface area contributed by atoms with Crippen molar-refractivity contribution in [3.8, 4) is 22.4 Å². The molecule has 0 atom stereocenters. The molecule has 16 heavy (non-hydrogen) atoms. The molecule has 1 aromatic heterocycles. The molecule has 0 saturated carbocycles. The lowest BCUT2D eigenvalue weighted by Crippen LogP contribution is -1.76. The van der Waals surface area contributed by atoms with Crippen LogP contribution >= 0.6 is 0 Å². The molecule has 0 N–H and O–H groups in total. The lowest BCUT2D eigenvalue weighted by molar-refractivity contribution is 1.33. The maximum absolute atomic E-state index is 4.36. The Labute approximate surface area is 94.7 Å². The van der Waals surface area contributed by atoms with Gasteiger partial charge in [0.25, 0.3) is 0 Å². The third-order valence-electron chi connectivity index (χ3n) is 2.69. The van der Waals surface area contributed by atoms with Crippen LogP contribution in [0.5, 0.6) is 0 Å². The van der Waals surface area contributed by atoms with E-state index >= 15 is 0 Å². The van der Waals surface area contributed by atoms with E-state index in [0.717, 1.165) is 5.69 Å². The number of hydrogen-bond donors (Lipinski definition) is 0. The normalized spacial score (nSPS) is 10.5. The van der Waals surface area contributed by atoms with Crippen LogP contribution in [0.3, 0.4) is 0 Å². The van der Waals surface area contributed by atoms with Crippen LogP contribution in [0.4, 0.5) is 0 Å². The third kappa shape index (κ3) is 1.57. The van der Waals surface area contributed by atoms with E-state index in [1.54, 1.807) is 0 Å². The zero-order valence-corrected chi connectivity index (χ0v) is 8.80. The summed E-state index contributed by atoms with van der Waals surface area (Å²) in [5, 5.41) is 0. The van der Waals surface area contributed by atoms with E-state index in [4.69, 9.17) is 0 Å². The Morgan fingerprint density at radius 3 is 1.94 bits per heavy atom. The molecule has 1 nitrogen and oxygen atoms in total. The van der Waals surface area contributed by atoms with Gasteiger partial charge in [-0.15, -0.1) is 0 Å². The van der Waals surface area contributed by atoms with Gasteiger partial charge >= 0.3 is 0 Å². The van der Waals surface area contributed by atoms with Gasteiger partial charge < -0.3 is 0 Å². The zero-order valence-electron chi connectivity index (χ0n) is 8.80. The van der Waals surface area contributed by atoms with Crippen molar-refractivity contribution in [1.82, 2.24) is 4.98 Å². The van der Waals surface area contributed by atoms with E-state index in [1.165, 1.54) is 16.7 Å². The van der Waals surface area contributed by atoms with Crippen LogP contribution < -0.4 is 0 Å². The number of pyridine rings is 1. The van der Waals surface area contributed by atoms with Gasteiger partial charge in [0.15, 0.2) is 0 Å². The van der Waals surface area contributed by atoms with Crippen molar-refractivity contribution in [2.24, 2.45) is 0 Å². The maximum atomic E-state index is 4.36. The van der Waals surface area contributed by atoms with Crippen LogP contribution in [0.25, 0.3) is 22.4 Å². The molecule has 0 fully saturated rings. The second-order valence-electron chi connectivity index (χ2n) is 3.78. The fraction of sp³-hybridized carbons (Fsp3) is 0. The maximum Gasteiger partial charge on any atom is 0.0702 e. The summed E-state index contributed by atoms with van der Waals surface area (Å²) in [4.78, 5) is 4.36. The van der Waals surface area contributed by atoms with Crippen LogP contribution in [0, 0.1) is 0 Å². The van der Waals surface area contributed by atoms with Crippen molar-refractivity contribution in [2.75, 3.05) is 0 Å². The smallest absolute Gasteiger partial charge is 0.0702 e. The summed E-state index contributed by atoms with van der Waals surface area (Å²) in [6, 6.07) is 20.8. The van der Waals surface area contributed by atoms with Crippen molar-refractivity contribution in [1.29, 1.82) is 0 Å². The predicted molar refractivity (Wildman–Crippen MR) is 66.3 cm³/mol. The molecule has 0 amide bonds. The van der Waals surface area contributed by atoms with Crippen LogP contribution in [0.15, 0.2) is 66.9 Å². The lowest BCUT2D eigenvalue weighted by atomic mass is 10.2. The van der Waals surface area contributed by atoms with E-state index in [2.05, 4.69) is 41.4 Å². The van der Waals surface area contributed by atoms with Gasteiger partial charge in [0, 0.05) is 11.8 Å². The third-order valence-corrected chi connectivity index (χ3v) is 2.69. The van der Waals surface area contributed by atoms with E-state index < -0.39 is 0 Å². The Balaban J connectivity index is 2.18. The summed E-state index contributed by atoms with van der Waals surface area (Å²) in [7, 11) is 0. The number of nitrogens with zero attached hydrogens (tertiary/aromatic N) is 1. The monoisotopic (exact) mass is 205 g/mol. The van der Waals surface area contributed by atoms with Crippen molar-refractivity contribution >= 4 is 0 Å². The van der Waals surface area contributed by atoms with Gasteiger partial charge in [-0.25, -0.2) is 0 Å². The van der Waals surface area contributed by atoms with Gasteiger partial charge in [-0.2, -0.15) is 0 Å². The molecule has 0 radical (unpaired) electrons. The minimum absolute atomic E-state index is 1.03. The SMILES string of the molecule is c1ccc2cc(-c3ccccn3)cc-2cc1. The van der Waals surface area contributed by atoms with Gasteiger partial charge in [0.1, 0.15) is 0 Å². The van der Waals surface area contributed by atoms with E-state index in [1.807, 2.05) is 30.5 Å². The molecule has 2 aliphatic carbocycles. The molecular weight excluding hydrogens is 194 g/mol. The van der Waals surface area contributed by atoms with E-state index in [0.29, 0.717) is 0 Å². The Hall–Kier alpha value is -2.15. The van der Waals surface area contributed by atoms with Crippen LogP contribution in [-0.4, -0.2) is 4.98 Å². The summed E-state index contributed by atoms with van der Waals surface area (Å²) in [6.45, 7) is 0. The molecule has 1 heterocycles. The predicted octanol–water partition coefficient (Wildman–Crippen LogP) is 3.85. The highest BCUT2D eigenvalue weighted by atomic mass is 14.7. The second-order valence-corrected chi connectivity index (χ2v) is 3.78. The van der Waals surface area contributed by atoms with Gasteiger partial charge in [0.05, 0.1) is 5.69 Å². The Kier molecular flexibility index (Phi) is 2.15. The van der Waals surface area contributed by atoms with E-state index in [-0.39, 0.29) is 0 Å². The first-order valence-electron chi connectivity index (χ1n) is 5.34. The molecule has 0 aromatic carbocycles. The highest BCUT2D eigenvalue weighted by Gasteiger charge is 2.06. The zero-order chi connectivity index (χ0) is 10.8. The Bertz CT molecular complexity index is 541. The van der Waals surface area contributed by atoms with Gasteiger partial charge in [0.2, 0.25) is 0 Å². The second kappa shape index (κ2) is 3.78. The molecule has 0 spiro atoms. The number of aromatic nitrogens is 1. The first kappa shape index (κ1) is 9.10. The van der Waals surface area contributed by atoms with Crippen LogP contribution in [0.1, 0.15) is 0 Å². The van der Waals surface area contributed by atoms with Crippen molar-refractivity contribution in [3.05, 3.63) is 66.9 Å². The Morgan fingerprint density at radius 1 is 0.625 bits per heavy atom. The summed E-state index contributed by atoms with van der Waals surface area (Å²) >= 11 is 0. The average Bonchev–Trinajstić information content (AvgIpc) is 2.62. The molecule has 0 bridgehead atoms. The lowest BCUT2D eigenvalue weighted by Gasteiger charge is -1.93. The highest BCUT2D eigenvalue weighted by molar-refractivity contribution is 5.78.